The van der Waals surface area contributed by atoms with E-state index in [1.807, 2.05) is 35.7 Å². The van der Waals surface area contributed by atoms with E-state index < -0.39 is 0 Å². The van der Waals surface area contributed by atoms with Gasteiger partial charge in [0, 0.05) is 71.3 Å². The van der Waals surface area contributed by atoms with Crippen molar-refractivity contribution in [1.29, 1.82) is 0 Å². The summed E-state index contributed by atoms with van der Waals surface area (Å²) >= 11 is 1.83. The van der Waals surface area contributed by atoms with Crippen molar-refractivity contribution in [3.8, 4) is 17.3 Å². The summed E-state index contributed by atoms with van der Waals surface area (Å²) in [5.74, 6) is 2.09. The Morgan fingerprint density at radius 2 is 1.38 bits per heavy atom. The molecule has 3 aromatic heterocycles. The van der Waals surface area contributed by atoms with Crippen molar-refractivity contribution in [2.75, 3.05) is 9.80 Å². The largest absolute Gasteiger partial charge is 0.509 e. The SMILES string of the molecule is Cc1cc(C)c(N2[CH-]N(c3[c-]c(Oc4[c-]c5c(cc4)c4ccc6c7ccccc7sc6c4n5-c4cc(C(C)(C)C)ccn4)ccc3)c3ccccc32)c(C)c1.[Pt]. The molecule has 0 saturated carbocycles. The van der Waals surface area contributed by atoms with Crippen molar-refractivity contribution in [2.45, 2.75) is 47.0 Å². The van der Waals surface area contributed by atoms with Crippen LogP contribution in [0, 0.1) is 39.6 Å². The van der Waals surface area contributed by atoms with E-state index >= 15 is 0 Å². The summed E-state index contributed by atoms with van der Waals surface area (Å²) in [4.78, 5) is 9.45. The molecule has 0 unspecified atom stereocenters. The van der Waals surface area contributed by atoms with Crippen LogP contribution < -0.4 is 14.5 Å². The summed E-state index contributed by atoms with van der Waals surface area (Å²) in [5.41, 5.74) is 11.3. The van der Waals surface area contributed by atoms with Crippen molar-refractivity contribution in [3.05, 3.63) is 163 Å². The summed E-state index contributed by atoms with van der Waals surface area (Å²) in [7, 11) is 0. The molecule has 1 aliphatic heterocycles. The van der Waals surface area contributed by atoms with Gasteiger partial charge in [-0.3, -0.25) is 0 Å². The van der Waals surface area contributed by atoms with Crippen molar-refractivity contribution < 1.29 is 25.8 Å². The standard InChI is InChI=1S/C49H39N4OS.Pt/c1-30-24-31(2)46(32(3)25-30)52-29-51(41-15-8-9-16-42(41)52)34-12-11-13-35(27-34)54-36-18-19-37-39-20-21-40-38-14-7-10-17-44(38)55-48(40)47(39)53(43(37)28-36)45-26-33(22-23-50-45)49(4,5)6;/h7-26,29H,1-6H3;/q-3;. The minimum Gasteiger partial charge on any atom is -0.509 e. The van der Waals surface area contributed by atoms with Gasteiger partial charge in [-0.25, -0.2) is 4.98 Å². The second-order valence-electron chi connectivity index (χ2n) is 15.6. The summed E-state index contributed by atoms with van der Waals surface area (Å²) in [6.07, 6.45) is 1.93. The molecule has 0 N–H and O–H groups in total. The summed E-state index contributed by atoms with van der Waals surface area (Å²) in [6, 6.07) is 48.0. The maximum Gasteiger partial charge on any atom is 0.135 e. The molecule has 0 radical (unpaired) electrons. The topological polar surface area (TPSA) is 33.5 Å². The Balaban J connectivity index is 0.00000410. The van der Waals surface area contributed by atoms with Crippen LogP contribution in [-0.2, 0) is 26.5 Å². The molecule has 0 aliphatic carbocycles. The molecule has 5 nitrogen and oxygen atoms in total. The molecule has 7 heteroatoms. The van der Waals surface area contributed by atoms with Crippen LogP contribution in [-0.4, -0.2) is 9.55 Å². The van der Waals surface area contributed by atoms with Gasteiger partial charge in [0.1, 0.15) is 5.82 Å². The zero-order chi connectivity index (χ0) is 37.6. The zero-order valence-electron chi connectivity index (χ0n) is 32.0. The molecule has 280 valence electrons. The van der Waals surface area contributed by atoms with E-state index in [1.54, 1.807) is 0 Å². The van der Waals surface area contributed by atoms with Gasteiger partial charge in [0.15, 0.2) is 0 Å². The number of para-hydroxylation sites is 2. The Morgan fingerprint density at radius 1 is 0.679 bits per heavy atom. The molecule has 0 bridgehead atoms. The summed E-state index contributed by atoms with van der Waals surface area (Å²) in [6.45, 7) is 15.4. The molecule has 0 fully saturated rings. The number of benzene rings is 6. The number of aromatic nitrogens is 2. The number of anilines is 4. The number of aryl methyl sites for hydroxylation is 3. The van der Waals surface area contributed by atoms with Crippen LogP contribution in [0.3, 0.4) is 0 Å². The number of rotatable bonds is 5. The van der Waals surface area contributed by atoms with Gasteiger partial charge in [-0.2, -0.15) is 12.1 Å². The van der Waals surface area contributed by atoms with Crippen LogP contribution in [0.5, 0.6) is 11.5 Å². The molecule has 9 aromatic rings. The van der Waals surface area contributed by atoms with Crippen molar-refractivity contribution in [3.63, 3.8) is 0 Å². The monoisotopic (exact) mass is 926 g/mol. The molecule has 1 aliphatic rings. The number of pyridine rings is 1. The molecule has 4 heterocycles. The van der Waals surface area contributed by atoms with Gasteiger partial charge in [0.05, 0.1) is 10.2 Å². The van der Waals surface area contributed by atoms with Gasteiger partial charge in [0.2, 0.25) is 0 Å². The average molecular weight is 927 g/mol. The normalized spacial score (nSPS) is 12.9. The molecular weight excluding hydrogens is 888 g/mol. The maximum atomic E-state index is 6.64. The molecule has 6 aromatic carbocycles. The third-order valence-electron chi connectivity index (χ3n) is 10.7. The predicted molar refractivity (Wildman–Crippen MR) is 230 cm³/mol. The first-order valence-corrected chi connectivity index (χ1v) is 19.5. The Kier molecular flexibility index (Phi) is 8.83. The first kappa shape index (κ1) is 36.2. The number of fused-ring (bicyclic) bond motifs is 8. The van der Waals surface area contributed by atoms with Gasteiger partial charge >= 0.3 is 0 Å². The predicted octanol–water partition coefficient (Wildman–Crippen LogP) is 13.6. The molecule has 0 spiro atoms. The van der Waals surface area contributed by atoms with Crippen molar-refractivity contribution in [2.24, 2.45) is 0 Å². The van der Waals surface area contributed by atoms with E-state index in [-0.39, 0.29) is 26.5 Å². The van der Waals surface area contributed by atoms with Gasteiger partial charge in [-0.1, -0.05) is 86.4 Å². The fourth-order valence-corrected chi connectivity index (χ4v) is 9.51. The van der Waals surface area contributed by atoms with Crippen molar-refractivity contribution >= 4 is 76.1 Å². The van der Waals surface area contributed by atoms with Crippen LogP contribution in [0.2, 0.25) is 0 Å². The Hall–Kier alpha value is -5.42. The quantitative estimate of drug-likeness (QED) is 0.161. The first-order valence-electron chi connectivity index (χ1n) is 18.7. The van der Waals surface area contributed by atoms with E-state index in [0.717, 1.165) is 39.3 Å². The number of thiophene rings is 1. The van der Waals surface area contributed by atoms with Crippen LogP contribution in [0.4, 0.5) is 22.7 Å². The summed E-state index contributed by atoms with van der Waals surface area (Å²) < 4.78 is 11.4. The van der Waals surface area contributed by atoms with Crippen LogP contribution in [0.1, 0.15) is 43.0 Å². The van der Waals surface area contributed by atoms with E-state index in [4.69, 9.17) is 9.72 Å². The smallest absolute Gasteiger partial charge is 0.135 e. The Bertz CT molecular complexity index is 2970. The van der Waals surface area contributed by atoms with E-state index in [9.17, 15) is 0 Å². The second kappa shape index (κ2) is 13.7. The summed E-state index contributed by atoms with van der Waals surface area (Å²) in [5, 5.41) is 4.79. The maximum absolute atomic E-state index is 6.64. The number of ether oxygens (including phenoxy) is 1. The van der Waals surface area contributed by atoms with Crippen LogP contribution in [0.25, 0.3) is 47.8 Å². The van der Waals surface area contributed by atoms with Gasteiger partial charge in [-0.15, -0.1) is 59.4 Å². The van der Waals surface area contributed by atoms with Gasteiger partial charge in [0.25, 0.3) is 0 Å². The van der Waals surface area contributed by atoms with Gasteiger partial charge < -0.3 is 19.1 Å². The molecule has 10 rings (SSSR count). The third-order valence-corrected chi connectivity index (χ3v) is 11.9. The van der Waals surface area contributed by atoms with E-state index in [0.29, 0.717) is 11.5 Å². The van der Waals surface area contributed by atoms with Crippen molar-refractivity contribution in [1.82, 2.24) is 9.55 Å². The Morgan fingerprint density at radius 3 is 2.16 bits per heavy atom. The Labute approximate surface area is 346 Å². The molecule has 0 saturated heterocycles. The number of nitrogens with zero attached hydrogens (tertiary/aromatic N) is 4. The fraction of sp³-hybridized carbons (Fsp3) is 0.143. The van der Waals surface area contributed by atoms with E-state index in [1.165, 1.54) is 53.5 Å². The van der Waals surface area contributed by atoms with E-state index in [2.05, 4.69) is 172 Å². The minimum atomic E-state index is -0.0374. The van der Waals surface area contributed by atoms with Crippen LogP contribution in [0.15, 0.2) is 121 Å². The third kappa shape index (κ3) is 5.90. The van der Waals surface area contributed by atoms with Crippen LogP contribution >= 0.6 is 11.3 Å². The van der Waals surface area contributed by atoms with Gasteiger partial charge in [-0.05, 0) is 78.6 Å². The fourth-order valence-electron chi connectivity index (χ4n) is 8.27. The molecule has 56 heavy (non-hydrogen) atoms. The molecule has 0 amide bonds. The average Bonchev–Trinajstić information content (AvgIpc) is 3.84. The minimum absolute atomic E-state index is 0. The second-order valence-corrected chi connectivity index (χ2v) is 16.7. The molecule has 0 atom stereocenters. The molecular formula is C49H39N4OPtS-3. The first-order chi connectivity index (χ1) is 26.6. The number of hydrogen-bond acceptors (Lipinski definition) is 5. The number of hydrogen-bond donors (Lipinski definition) is 0. The zero-order valence-corrected chi connectivity index (χ0v) is 35.1.